The average Bonchev–Trinajstić information content (AvgIpc) is 2.24. The maximum absolute atomic E-state index is 12.3. The third kappa shape index (κ3) is 3.62. The Hall–Kier alpha value is -1.32. The Morgan fingerprint density at radius 1 is 1.25 bits per heavy atom. The number of halogens is 3. The topological polar surface area (TPSA) is 75.4 Å². The predicted octanol–water partition coefficient (Wildman–Crippen LogP) is 1.77. The van der Waals surface area contributed by atoms with Crippen LogP contribution in [-0.2, 0) is 10.0 Å². The van der Waals surface area contributed by atoms with Crippen LogP contribution < -0.4 is 11.3 Å². The summed E-state index contributed by atoms with van der Waals surface area (Å²) in [6, 6.07) is 2.92. The van der Waals surface area contributed by atoms with E-state index in [0.29, 0.717) is 16.8 Å². The Morgan fingerprint density at radius 3 is 2.05 bits per heavy atom. The van der Waals surface area contributed by atoms with Crippen molar-refractivity contribution in [2.24, 2.45) is 5.84 Å². The summed E-state index contributed by atoms with van der Waals surface area (Å²) in [5.74, 6) is 5.23. The second-order valence-electron chi connectivity index (χ2n) is 4.46. The van der Waals surface area contributed by atoms with E-state index in [9.17, 15) is 21.6 Å². The number of nitrogens with zero attached hydrogens (tertiary/aromatic N) is 1. The molecular formula is C11H16F3N3O2S. The van der Waals surface area contributed by atoms with Crippen molar-refractivity contribution in [2.45, 2.75) is 24.9 Å². The van der Waals surface area contributed by atoms with Crippen LogP contribution in [0.2, 0.25) is 0 Å². The minimum Gasteiger partial charge on any atom is -0.324 e. The van der Waals surface area contributed by atoms with Gasteiger partial charge in [0.2, 0.25) is 10.0 Å². The molecular weight excluding hydrogens is 295 g/mol. The quantitative estimate of drug-likeness (QED) is 0.656. The van der Waals surface area contributed by atoms with Gasteiger partial charge in [-0.1, -0.05) is 0 Å². The molecule has 1 rings (SSSR count). The first-order valence-corrected chi connectivity index (χ1v) is 7.04. The number of nitrogen functional groups attached to an aromatic ring is 1. The maximum atomic E-state index is 12.3. The van der Waals surface area contributed by atoms with E-state index in [1.54, 1.807) is 0 Å². The van der Waals surface area contributed by atoms with E-state index in [0.717, 1.165) is 7.05 Å². The lowest BCUT2D eigenvalue weighted by molar-refractivity contribution is -0.134. The highest BCUT2D eigenvalue weighted by molar-refractivity contribution is 7.89. The van der Waals surface area contributed by atoms with Gasteiger partial charge in [-0.15, -0.1) is 0 Å². The molecule has 114 valence electrons. The zero-order chi connectivity index (χ0) is 15.7. The van der Waals surface area contributed by atoms with E-state index in [1.165, 1.54) is 26.0 Å². The molecule has 0 radical (unpaired) electrons. The molecule has 1 aromatic carbocycles. The van der Waals surface area contributed by atoms with E-state index < -0.39 is 22.7 Å². The Balaban J connectivity index is 3.29. The first-order chi connectivity index (χ1) is 8.99. The van der Waals surface area contributed by atoms with Crippen LogP contribution in [0.25, 0.3) is 0 Å². The van der Waals surface area contributed by atoms with E-state index in [4.69, 9.17) is 5.84 Å². The molecule has 0 aliphatic carbocycles. The number of hydrogen-bond donors (Lipinski definition) is 2. The van der Waals surface area contributed by atoms with E-state index in [-0.39, 0.29) is 9.20 Å². The number of rotatable bonds is 4. The lowest BCUT2D eigenvalue weighted by Crippen LogP contribution is -2.36. The van der Waals surface area contributed by atoms with E-state index in [2.05, 4.69) is 5.43 Å². The zero-order valence-corrected chi connectivity index (χ0v) is 12.1. The molecule has 0 unspecified atom stereocenters. The standard InChI is InChI=1S/C11H16F3N3O2S/c1-7-4-9(16-15)5-8(2)10(7)20(18,19)17(3)6-11(12,13)14/h4-5,16H,6,15H2,1-3H3. The summed E-state index contributed by atoms with van der Waals surface area (Å²) in [5, 5.41) is 0. The fraction of sp³-hybridized carbons (Fsp3) is 0.455. The van der Waals surface area contributed by atoms with Crippen molar-refractivity contribution in [3.05, 3.63) is 23.3 Å². The number of hydrogen-bond acceptors (Lipinski definition) is 4. The molecule has 0 atom stereocenters. The smallest absolute Gasteiger partial charge is 0.324 e. The van der Waals surface area contributed by atoms with Crippen LogP contribution in [0.1, 0.15) is 11.1 Å². The number of benzene rings is 1. The molecule has 0 spiro atoms. The molecule has 0 saturated carbocycles. The van der Waals surface area contributed by atoms with Gasteiger partial charge in [0.05, 0.1) is 4.90 Å². The van der Waals surface area contributed by atoms with Gasteiger partial charge in [0.1, 0.15) is 6.54 Å². The van der Waals surface area contributed by atoms with Gasteiger partial charge in [-0.2, -0.15) is 17.5 Å². The summed E-state index contributed by atoms with van der Waals surface area (Å²) in [4.78, 5) is -0.136. The minimum absolute atomic E-state index is 0.136. The highest BCUT2D eigenvalue weighted by atomic mass is 32.2. The average molecular weight is 311 g/mol. The number of nitrogens with one attached hydrogen (secondary N) is 1. The lowest BCUT2D eigenvalue weighted by atomic mass is 10.1. The van der Waals surface area contributed by atoms with Crippen LogP contribution in [0.4, 0.5) is 18.9 Å². The zero-order valence-electron chi connectivity index (χ0n) is 11.2. The molecule has 0 fully saturated rings. The molecule has 1 aromatic rings. The Morgan fingerprint density at radius 2 is 1.70 bits per heavy atom. The molecule has 0 heterocycles. The summed E-state index contributed by atoms with van der Waals surface area (Å²) in [5.41, 5.74) is 3.50. The molecule has 0 aliphatic heterocycles. The monoisotopic (exact) mass is 311 g/mol. The second kappa shape index (κ2) is 5.58. The lowest BCUT2D eigenvalue weighted by Gasteiger charge is -2.21. The van der Waals surface area contributed by atoms with Gasteiger partial charge in [0, 0.05) is 12.7 Å². The number of sulfonamides is 1. The predicted molar refractivity (Wildman–Crippen MR) is 69.6 cm³/mol. The molecule has 0 aliphatic rings. The third-order valence-corrected chi connectivity index (χ3v) is 4.81. The van der Waals surface area contributed by atoms with Gasteiger partial charge in [0.25, 0.3) is 0 Å². The number of alkyl halides is 3. The van der Waals surface area contributed by atoms with E-state index in [1.807, 2.05) is 0 Å². The summed E-state index contributed by atoms with van der Waals surface area (Å²) in [6.45, 7) is 1.47. The fourth-order valence-electron chi connectivity index (χ4n) is 1.93. The van der Waals surface area contributed by atoms with Gasteiger partial charge in [0.15, 0.2) is 0 Å². The van der Waals surface area contributed by atoms with Gasteiger partial charge in [-0.05, 0) is 37.1 Å². The summed E-state index contributed by atoms with van der Waals surface area (Å²) in [6.07, 6.45) is -4.59. The molecule has 3 N–H and O–H groups in total. The van der Waals surface area contributed by atoms with Crippen LogP contribution in [0.15, 0.2) is 17.0 Å². The number of nitrogens with two attached hydrogens (primary N) is 1. The van der Waals surface area contributed by atoms with Crippen molar-refractivity contribution in [3.8, 4) is 0 Å². The first-order valence-electron chi connectivity index (χ1n) is 5.60. The highest BCUT2D eigenvalue weighted by Crippen LogP contribution is 2.28. The normalized spacial score (nSPS) is 12.8. The van der Waals surface area contributed by atoms with E-state index >= 15 is 0 Å². The second-order valence-corrected chi connectivity index (χ2v) is 6.44. The van der Waals surface area contributed by atoms with Crippen LogP contribution in [-0.4, -0.2) is 32.5 Å². The fourth-order valence-corrected chi connectivity index (χ4v) is 3.49. The summed E-state index contributed by atoms with van der Waals surface area (Å²) < 4.78 is 61.8. The van der Waals surface area contributed by atoms with Gasteiger partial charge >= 0.3 is 6.18 Å². The van der Waals surface area contributed by atoms with Gasteiger partial charge in [-0.25, -0.2) is 8.42 Å². The Bertz CT molecular complexity index is 576. The molecule has 0 amide bonds. The number of hydrazine groups is 1. The highest BCUT2D eigenvalue weighted by Gasteiger charge is 2.35. The van der Waals surface area contributed by atoms with Crippen molar-refractivity contribution in [1.82, 2.24) is 4.31 Å². The van der Waals surface area contributed by atoms with Gasteiger partial charge < -0.3 is 5.43 Å². The molecule has 5 nitrogen and oxygen atoms in total. The van der Waals surface area contributed by atoms with Crippen molar-refractivity contribution < 1.29 is 21.6 Å². The maximum Gasteiger partial charge on any atom is 0.402 e. The van der Waals surface area contributed by atoms with Crippen LogP contribution in [0.3, 0.4) is 0 Å². The van der Waals surface area contributed by atoms with Gasteiger partial charge in [-0.3, -0.25) is 5.84 Å². The SMILES string of the molecule is Cc1cc(NN)cc(C)c1S(=O)(=O)N(C)CC(F)(F)F. The van der Waals surface area contributed by atoms with Crippen LogP contribution in [0.5, 0.6) is 0 Å². The molecule has 9 heteroatoms. The van der Waals surface area contributed by atoms with Crippen molar-refractivity contribution in [2.75, 3.05) is 19.0 Å². The third-order valence-electron chi connectivity index (χ3n) is 2.70. The number of aryl methyl sites for hydroxylation is 2. The Kier molecular flexibility index (Phi) is 4.67. The van der Waals surface area contributed by atoms with Crippen molar-refractivity contribution in [3.63, 3.8) is 0 Å². The molecule has 0 aromatic heterocycles. The van der Waals surface area contributed by atoms with Crippen molar-refractivity contribution >= 4 is 15.7 Å². The molecule has 0 saturated heterocycles. The number of anilines is 1. The summed E-state index contributed by atoms with van der Waals surface area (Å²) in [7, 11) is -3.31. The molecule has 0 bridgehead atoms. The van der Waals surface area contributed by atoms with Crippen LogP contribution >= 0.6 is 0 Å². The van der Waals surface area contributed by atoms with Crippen LogP contribution in [0, 0.1) is 13.8 Å². The van der Waals surface area contributed by atoms with Crippen molar-refractivity contribution in [1.29, 1.82) is 0 Å². The molecule has 20 heavy (non-hydrogen) atoms. The summed E-state index contributed by atoms with van der Waals surface area (Å²) >= 11 is 0. The Labute approximate surface area is 115 Å². The largest absolute Gasteiger partial charge is 0.402 e. The minimum atomic E-state index is -4.59. The first kappa shape index (κ1) is 16.7.